The van der Waals surface area contributed by atoms with Crippen molar-refractivity contribution in [3.8, 4) is 5.75 Å². The minimum Gasteiger partial charge on any atom is -0.497 e. The van der Waals surface area contributed by atoms with E-state index >= 15 is 0 Å². The van der Waals surface area contributed by atoms with Crippen LogP contribution in [0.15, 0.2) is 58.4 Å². The number of nitrogens with zero attached hydrogens (tertiary/aromatic N) is 3. The first-order valence-electron chi connectivity index (χ1n) is 10.6. The molecular weight excluding hydrogens is 472 g/mol. The summed E-state index contributed by atoms with van der Waals surface area (Å²) in [5, 5.41) is 3.26. The maximum absolute atomic E-state index is 13.4. The van der Waals surface area contributed by atoms with E-state index in [-0.39, 0.29) is 11.5 Å². The third kappa shape index (κ3) is 5.14. The fourth-order valence-corrected chi connectivity index (χ4v) is 4.78. The highest BCUT2D eigenvalue weighted by atomic mass is 32.2. The molecule has 176 valence electrons. The largest absolute Gasteiger partial charge is 0.497 e. The first kappa shape index (κ1) is 23.9. The second-order valence-electron chi connectivity index (χ2n) is 7.49. The number of methoxy groups -OCH3 is 2. The molecule has 8 nitrogen and oxygen atoms in total. The zero-order valence-electron chi connectivity index (χ0n) is 18.8. The van der Waals surface area contributed by atoms with Crippen molar-refractivity contribution in [2.75, 3.05) is 32.7 Å². The van der Waals surface area contributed by atoms with Crippen molar-refractivity contribution in [2.45, 2.75) is 13.0 Å². The van der Waals surface area contributed by atoms with Crippen molar-refractivity contribution in [1.29, 1.82) is 0 Å². The molecule has 1 aliphatic heterocycles. The highest BCUT2D eigenvalue weighted by Gasteiger charge is 2.32. The van der Waals surface area contributed by atoms with Gasteiger partial charge in [-0.2, -0.15) is 0 Å². The fraction of sp³-hybridized carbons (Fsp3) is 0.250. The highest BCUT2D eigenvalue weighted by molar-refractivity contribution is 8.26. The molecule has 1 N–H and O–H groups in total. The SMILES string of the molecule is COCCCN1C(=O)/C(=C/c2c(NCc3ccc(OC)cc3)nc3ccccn3c2=O)SC1=S. The number of carbonyl (C=O) groups is 1. The van der Waals surface area contributed by atoms with Crippen LogP contribution >= 0.6 is 24.0 Å². The van der Waals surface area contributed by atoms with Crippen LogP contribution in [0.4, 0.5) is 5.82 Å². The van der Waals surface area contributed by atoms with E-state index in [0.717, 1.165) is 11.3 Å². The van der Waals surface area contributed by atoms with Crippen molar-refractivity contribution < 1.29 is 14.3 Å². The first-order valence-corrected chi connectivity index (χ1v) is 11.9. The Kier molecular flexibility index (Phi) is 7.61. The molecule has 1 aromatic carbocycles. The summed E-state index contributed by atoms with van der Waals surface area (Å²) >= 11 is 6.59. The Morgan fingerprint density at radius 1 is 1.15 bits per heavy atom. The predicted molar refractivity (Wildman–Crippen MR) is 138 cm³/mol. The fourth-order valence-electron chi connectivity index (χ4n) is 3.49. The third-order valence-electron chi connectivity index (χ3n) is 5.27. The van der Waals surface area contributed by atoms with Crippen LogP contribution in [0, 0.1) is 0 Å². The summed E-state index contributed by atoms with van der Waals surface area (Å²) in [5.41, 5.74) is 1.53. The lowest BCUT2D eigenvalue weighted by Crippen LogP contribution is -2.29. The lowest BCUT2D eigenvalue weighted by atomic mass is 10.2. The van der Waals surface area contributed by atoms with Gasteiger partial charge in [-0.3, -0.25) is 18.9 Å². The van der Waals surface area contributed by atoms with Crippen molar-refractivity contribution in [3.63, 3.8) is 0 Å². The van der Waals surface area contributed by atoms with E-state index in [9.17, 15) is 9.59 Å². The number of rotatable bonds is 9. The van der Waals surface area contributed by atoms with Gasteiger partial charge in [0.05, 0.1) is 17.6 Å². The number of fused-ring (bicyclic) bond motifs is 1. The molecular formula is C24H24N4O4S2. The Labute approximate surface area is 206 Å². The van der Waals surface area contributed by atoms with E-state index in [4.69, 9.17) is 21.7 Å². The number of anilines is 1. The molecule has 1 saturated heterocycles. The topological polar surface area (TPSA) is 85.2 Å². The monoisotopic (exact) mass is 496 g/mol. The quantitative estimate of drug-likeness (QED) is 0.274. The summed E-state index contributed by atoms with van der Waals surface area (Å²) in [5.74, 6) is 0.945. The number of benzene rings is 1. The van der Waals surface area contributed by atoms with E-state index < -0.39 is 0 Å². The van der Waals surface area contributed by atoms with Crippen molar-refractivity contribution in [3.05, 3.63) is 75.0 Å². The molecule has 3 heterocycles. The normalized spacial score (nSPS) is 14.9. The molecule has 0 unspecified atom stereocenters. The van der Waals surface area contributed by atoms with Gasteiger partial charge < -0.3 is 14.8 Å². The minimum absolute atomic E-state index is 0.218. The Balaban J connectivity index is 1.68. The van der Waals surface area contributed by atoms with Crippen LogP contribution in [0.3, 0.4) is 0 Å². The maximum Gasteiger partial charge on any atom is 0.267 e. The van der Waals surface area contributed by atoms with Crippen LogP contribution < -0.4 is 15.6 Å². The van der Waals surface area contributed by atoms with Gasteiger partial charge in [0.2, 0.25) is 0 Å². The smallest absolute Gasteiger partial charge is 0.267 e. The van der Waals surface area contributed by atoms with Gasteiger partial charge in [-0.05, 0) is 42.3 Å². The zero-order valence-corrected chi connectivity index (χ0v) is 20.4. The number of ether oxygens (including phenoxy) is 2. The van der Waals surface area contributed by atoms with Crippen molar-refractivity contribution in [1.82, 2.24) is 14.3 Å². The van der Waals surface area contributed by atoms with Crippen LogP contribution in [0.25, 0.3) is 11.7 Å². The number of amides is 1. The van der Waals surface area contributed by atoms with Gasteiger partial charge in [0.15, 0.2) is 0 Å². The maximum atomic E-state index is 13.4. The lowest BCUT2D eigenvalue weighted by Gasteiger charge is -2.13. The molecule has 34 heavy (non-hydrogen) atoms. The van der Waals surface area contributed by atoms with Gasteiger partial charge in [0.1, 0.15) is 21.5 Å². The number of pyridine rings is 1. The Hall–Kier alpha value is -3.21. The van der Waals surface area contributed by atoms with E-state index in [0.29, 0.717) is 52.4 Å². The number of carbonyl (C=O) groups excluding carboxylic acids is 1. The standard InChI is InChI=1S/C24H24N4O4S2/c1-31-13-5-12-28-23(30)19(34-24(28)33)14-18-21(25-15-16-7-9-17(32-2)10-8-16)26-20-6-3-4-11-27(20)22(18)29/h3-4,6-11,14,25H,5,12-13,15H2,1-2H3/b19-14-. The van der Waals surface area contributed by atoms with E-state index in [1.54, 1.807) is 43.5 Å². The Bertz CT molecular complexity index is 1300. The number of thiocarbonyl (C=S) groups is 1. The van der Waals surface area contributed by atoms with Crippen LogP contribution in [-0.2, 0) is 16.1 Å². The highest BCUT2D eigenvalue weighted by Crippen LogP contribution is 2.33. The Morgan fingerprint density at radius 3 is 2.68 bits per heavy atom. The molecule has 3 aromatic rings. The van der Waals surface area contributed by atoms with E-state index in [2.05, 4.69) is 10.3 Å². The molecule has 4 rings (SSSR count). The van der Waals surface area contributed by atoms with Crippen LogP contribution in [0.1, 0.15) is 17.5 Å². The third-order valence-corrected chi connectivity index (χ3v) is 6.65. The summed E-state index contributed by atoms with van der Waals surface area (Å²) < 4.78 is 12.2. The summed E-state index contributed by atoms with van der Waals surface area (Å²) in [7, 11) is 3.23. The van der Waals surface area contributed by atoms with Gasteiger partial charge in [-0.1, -0.05) is 42.2 Å². The molecule has 1 aliphatic rings. The second-order valence-corrected chi connectivity index (χ2v) is 9.17. The average molecular weight is 497 g/mol. The molecule has 0 aliphatic carbocycles. The molecule has 2 aromatic heterocycles. The number of aromatic nitrogens is 2. The number of thioether (sulfide) groups is 1. The first-order chi connectivity index (χ1) is 16.5. The van der Waals surface area contributed by atoms with Crippen molar-refractivity contribution >= 4 is 51.7 Å². The Morgan fingerprint density at radius 2 is 1.94 bits per heavy atom. The minimum atomic E-state index is -0.271. The molecule has 1 fully saturated rings. The molecule has 0 atom stereocenters. The van der Waals surface area contributed by atoms with Crippen molar-refractivity contribution in [2.24, 2.45) is 0 Å². The summed E-state index contributed by atoms with van der Waals surface area (Å²) in [6.45, 7) is 1.44. The molecule has 0 saturated carbocycles. The van der Waals surface area contributed by atoms with Gasteiger partial charge >= 0.3 is 0 Å². The number of nitrogens with one attached hydrogen (secondary N) is 1. The molecule has 0 radical (unpaired) electrons. The van der Waals surface area contributed by atoms with E-state index in [1.165, 1.54) is 16.2 Å². The lowest BCUT2D eigenvalue weighted by molar-refractivity contribution is -0.122. The van der Waals surface area contributed by atoms with Gasteiger partial charge in [0.25, 0.3) is 11.5 Å². The number of hydrogen-bond acceptors (Lipinski definition) is 8. The van der Waals surface area contributed by atoms with Gasteiger partial charge in [-0.25, -0.2) is 4.98 Å². The molecule has 0 bridgehead atoms. The van der Waals surface area contributed by atoms with Gasteiger partial charge in [0, 0.05) is 33.0 Å². The predicted octanol–water partition coefficient (Wildman–Crippen LogP) is 3.55. The van der Waals surface area contributed by atoms with Crippen LogP contribution in [0.5, 0.6) is 5.75 Å². The summed E-state index contributed by atoms with van der Waals surface area (Å²) in [6, 6.07) is 13.0. The van der Waals surface area contributed by atoms with Gasteiger partial charge in [-0.15, -0.1) is 0 Å². The molecule has 1 amide bonds. The molecule has 10 heteroatoms. The molecule has 0 spiro atoms. The van der Waals surface area contributed by atoms with Crippen LogP contribution in [-0.4, -0.2) is 51.9 Å². The average Bonchev–Trinajstić information content (AvgIpc) is 3.12. The summed E-state index contributed by atoms with van der Waals surface area (Å²) in [6.07, 6.45) is 3.91. The summed E-state index contributed by atoms with van der Waals surface area (Å²) in [4.78, 5) is 32.9. The second kappa shape index (κ2) is 10.8. The zero-order chi connectivity index (χ0) is 24.1. The van der Waals surface area contributed by atoms with Crippen LogP contribution in [0.2, 0.25) is 0 Å². The van der Waals surface area contributed by atoms with E-state index in [1.807, 2.05) is 30.3 Å². The number of hydrogen-bond donors (Lipinski definition) is 1.